The van der Waals surface area contributed by atoms with Crippen molar-refractivity contribution < 1.29 is 4.74 Å². The number of thiophene rings is 1. The summed E-state index contributed by atoms with van der Waals surface area (Å²) >= 11 is 1.53. The maximum absolute atomic E-state index is 13.0. The van der Waals surface area contributed by atoms with Crippen molar-refractivity contribution in [3.63, 3.8) is 0 Å². The predicted molar refractivity (Wildman–Crippen MR) is 101 cm³/mol. The molecule has 5 nitrogen and oxygen atoms in total. The number of nitrogens with zero attached hydrogens (tertiary/aromatic N) is 3. The largest absolute Gasteiger partial charge is 0.379 e. The Morgan fingerprint density at radius 2 is 1.92 bits per heavy atom. The molecule has 0 amide bonds. The number of hydrogen-bond acceptors (Lipinski definition) is 5. The van der Waals surface area contributed by atoms with Crippen LogP contribution in [-0.2, 0) is 11.3 Å². The second-order valence-electron chi connectivity index (χ2n) is 6.25. The lowest BCUT2D eigenvalue weighted by Gasteiger charge is -2.26. The molecule has 1 aromatic carbocycles. The molecule has 1 saturated heterocycles. The molecule has 1 fully saturated rings. The van der Waals surface area contributed by atoms with E-state index in [1.54, 1.807) is 10.9 Å². The second-order valence-corrected chi connectivity index (χ2v) is 7.10. The van der Waals surface area contributed by atoms with Crippen molar-refractivity contribution in [2.45, 2.75) is 13.0 Å². The van der Waals surface area contributed by atoms with E-state index in [2.05, 4.69) is 9.88 Å². The Morgan fingerprint density at radius 3 is 2.72 bits per heavy atom. The van der Waals surface area contributed by atoms with E-state index in [4.69, 9.17) is 4.74 Å². The highest BCUT2D eigenvalue weighted by atomic mass is 32.1. The molecule has 3 aromatic rings. The first-order valence-electron chi connectivity index (χ1n) is 8.65. The van der Waals surface area contributed by atoms with Crippen LogP contribution in [0.25, 0.3) is 21.3 Å². The molecule has 3 heterocycles. The number of hydrogen-bond donors (Lipinski definition) is 0. The number of aromatic nitrogens is 2. The molecule has 25 heavy (non-hydrogen) atoms. The fourth-order valence-corrected chi connectivity index (χ4v) is 4.15. The van der Waals surface area contributed by atoms with Crippen molar-refractivity contribution in [2.75, 3.05) is 32.8 Å². The van der Waals surface area contributed by atoms with Crippen molar-refractivity contribution >= 4 is 21.6 Å². The molecular weight excluding hydrogens is 334 g/mol. The summed E-state index contributed by atoms with van der Waals surface area (Å²) in [5.41, 5.74) is 2.12. The van der Waals surface area contributed by atoms with Crippen LogP contribution < -0.4 is 5.56 Å². The zero-order chi connectivity index (χ0) is 17.1. The SMILES string of the molecule is O=c1c2c(-c3ccccc3)csc2ncn1CCCN1CCOCC1. The van der Waals surface area contributed by atoms with Gasteiger partial charge in [-0.1, -0.05) is 30.3 Å². The third kappa shape index (κ3) is 3.51. The van der Waals surface area contributed by atoms with Gasteiger partial charge < -0.3 is 4.74 Å². The van der Waals surface area contributed by atoms with Crippen molar-refractivity contribution in [3.05, 3.63) is 52.4 Å². The number of aryl methyl sites for hydroxylation is 1. The smallest absolute Gasteiger partial charge is 0.262 e. The summed E-state index contributed by atoms with van der Waals surface area (Å²) in [7, 11) is 0. The van der Waals surface area contributed by atoms with E-state index in [1.165, 1.54) is 11.3 Å². The normalized spacial score (nSPS) is 15.7. The van der Waals surface area contributed by atoms with Gasteiger partial charge in [0.1, 0.15) is 4.83 Å². The number of benzene rings is 1. The molecule has 2 aromatic heterocycles. The van der Waals surface area contributed by atoms with Crippen molar-refractivity contribution in [3.8, 4) is 11.1 Å². The zero-order valence-electron chi connectivity index (χ0n) is 14.1. The topological polar surface area (TPSA) is 47.4 Å². The summed E-state index contributed by atoms with van der Waals surface area (Å²) in [5.74, 6) is 0. The van der Waals surface area contributed by atoms with E-state index in [9.17, 15) is 4.79 Å². The number of rotatable bonds is 5. The van der Waals surface area contributed by atoms with Gasteiger partial charge in [-0.2, -0.15) is 0 Å². The first-order chi connectivity index (χ1) is 12.3. The van der Waals surface area contributed by atoms with Gasteiger partial charge in [0.2, 0.25) is 0 Å². The first kappa shape index (κ1) is 16.4. The van der Waals surface area contributed by atoms with Crippen LogP contribution in [0.2, 0.25) is 0 Å². The average Bonchev–Trinajstić information content (AvgIpc) is 3.10. The van der Waals surface area contributed by atoms with E-state index in [0.717, 1.165) is 60.6 Å². The van der Waals surface area contributed by atoms with Crippen molar-refractivity contribution in [2.24, 2.45) is 0 Å². The fourth-order valence-electron chi connectivity index (χ4n) is 3.25. The van der Waals surface area contributed by atoms with Gasteiger partial charge in [-0.05, 0) is 12.0 Å². The maximum Gasteiger partial charge on any atom is 0.262 e. The second kappa shape index (κ2) is 7.47. The van der Waals surface area contributed by atoms with Crippen LogP contribution in [-0.4, -0.2) is 47.3 Å². The maximum atomic E-state index is 13.0. The van der Waals surface area contributed by atoms with Crippen LogP contribution in [0, 0.1) is 0 Å². The fraction of sp³-hybridized carbons (Fsp3) is 0.368. The van der Waals surface area contributed by atoms with Crippen LogP contribution in [0.15, 0.2) is 46.8 Å². The molecule has 0 aliphatic carbocycles. The monoisotopic (exact) mass is 355 g/mol. The Balaban J connectivity index is 1.56. The van der Waals surface area contributed by atoms with Crippen LogP contribution in [0.1, 0.15) is 6.42 Å². The Bertz CT molecular complexity index is 898. The van der Waals surface area contributed by atoms with Gasteiger partial charge in [-0.3, -0.25) is 14.3 Å². The van der Waals surface area contributed by atoms with E-state index >= 15 is 0 Å². The first-order valence-corrected chi connectivity index (χ1v) is 9.53. The Hall–Kier alpha value is -2.02. The summed E-state index contributed by atoms with van der Waals surface area (Å²) in [6.45, 7) is 5.27. The Kier molecular flexibility index (Phi) is 4.92. The van der Waals surface area contributed by atoms with Crippen LogP contribution >= 0.6 is 11.3 Å². The third-order valence-corrected chi connectivity index (χ3v) is 5.51. The predicted octanol–water partition coefficient (Wildman–Crippen LogP) is 2.85. The molecule has 0 atom stereocenters. The highest BCUT2D eigenvalue weighted by Crippen LogP contribution is 2.30. The molecule has 130 valence electrons. The Labute approximate surface area is 150 Å². The molecule has 0 spiro atoms. The summed E-state index contributed by atoms with van der Waals surface area (Å²) in [4.78, 5) is 20.7. The number of morpholine rings is 1. The van der Waals surface area contributed by atoms with Crippen LogP contribution in [0.4, 0.5) is 0 Å². The van der Waals surface area contributed by atoms with Gasteiger partial charge in [-0.25, -0.2) is 4.98 Å². The minimum absolute atomic E-state index is 0.0621. The number of ether oxygens (including phenoxy) is 1. The minimum atomic E-state index is 0.0621. The summed E-state index contributed by atoms with van der Waals surface area (Å²) in [5, 5.41) is 2.78. The van der Waals surface area contributed by atoms with Gasteiger partial charge in [0.15, 0.2) is 0 Å². The Morgan fingerprint density at radius 1 is 1.12 bits per heavy atom. The highest BCUT2D eigenvalue weighted by Gasteiger charge is 2.14. The van der Waals surface area contributed by atoms with E-state index in [1.807, 2.05) is 35.7 Å². The molecule has 0 N–H and O–H groups in total. The lowest BCUT2D eigenvalue weighted by molar-refractivity contribution is 0.0369. The van der Waals surface area contributed by atoms with Gasteiger partial charge >= 0.3 is 0 Å². The molecular formula is C19H21N3O2S. The highest BCUT2D eigenvalue weighted by molar-refractivity contribution is 7.17. The lowest BCUT2D eigenvalue weighted by atomic mass is 10.1. The quantitative estimate of drug-likeness (QED) is 0.706. The van der Waals surface area contributed by atoms with Gasteiger partial charge in [0, 0.05) is 37.1 Å². The molecule has 0 radical (unpaired) electrons. The van der Waals surface area contributed by atoms with Gasteiger partial charge in [-0.15, -0.1) is 11.3 Å². The molecule has 1 aliphatic heterocycles. The van der Waals surface area contributed by atoms with E-state index in [0.29, 0.717) is 6.54 Å². The van der Waals surface area contributed by atoms with Crippen LogP contribution in [0.3, 0.4) is 0 Å². The molecule has 6 heteroatoms. The van der Waals surface area contributed by atoms with Crippen molar-refractivity contribution in [1.82, 2.24) is 14.5 Å². The van der Waals surface area contributed by atoms with Gasteiger partial charge in [0.05, 0.1) is 24.9 Å². The van der Waals surface area contributed by atoms with Gasteiger partial charge in [0.25, 0.3) is 5.56 Å². The molecule has 0 bridgehead atoms. The van der Waals surface area contributed by atoms with E-state index < -0.39 is 0 Å². The molecule has 0 unspecified atom stereocenters. The van der Waals surface area contributed by atoms with Crippen LogP contribution in [0.5, 0.6) is 0 Å². The average molecular weight is 355 g/mol. The summed E-state index contributed by atoms with van der Waals surface area (Å²) < 4.78 is 7.12. The molecule has 1 aliphatic rings. The zero-order valence-corrected chi connectivity index (χ0v) is 14.9. The lowest BCUT2D eigenvalue weighted by Crippen LogP contribution is -2.37. The summed E-state index contributed by atoms with van der Waals surface area (Å²) in [6, 6.07) is 10.1. The number of fused-ring (bicyclic) bond motifs is 1. The van der Waals surface area contributed by atoms with E-state index in [-0.39, 0.29) is 5.56 Å². The third-order valence-electron chi connectivity index (χ3n) is 4.62. The standard InChI is InChI=1S/C19H21N3O2S/c23-19-17-16(15-5-2-1-3-6-15)13-25-18(17)20-14-22(19)8-4-7-21-9-11-24-12-10-21/h1-3,5-6,13-14H,4,7-12H2. The minimum Gasteiger partial charge on any atom is -0.379 e. The van der Waals surface area contributed by atoms with Crippen molar-refractivity contribution in [1.29, 1.82) is 0 Å². The summed E-state index contributed by atoms with van der Waals surface area (Å²) in [6.07, 6.45) is 2.63. The molecule has 0 saturated carbocycles. The molecule has 4 rings (SSSR count).